The van der Waals surface area contributed by atoms with Crippen molar-refractivity contribution in [1.82, 2.24) is 15.0 Å². The highest BCUT2D eigenvalue weighted by Crippen LogP contribution is 2.24. The van der Waals surface area contributed by atoms with Crippen molar-refractivity contribution in [1.29, 1.82) is 0 Å². The highest BCUT2D eigenvalue weighted by molar-refractivity contribution is 7.98. The molecule has 1 aliphatic rings. The standard InChI is InChI=1S/C14H17N5OS/c1-21-11-6-4-10(5-7-11)20-14-17-12(15)16-13(18-14)19-8-2-3-9-19/h4-7H,2-3,8-9H2,1H3,(H2,15,16,17,18). The summed E-state index contributed by atoms with van der Waals surface area (Å²) in [4.78, 5) is 15.9. The number of hydrogen-bond acceptors (Lipinski definition) is 7. The molecule has 3 rings (SSSR count). The third kappa shape index (κ3) is 3.36. The molecule has 2 aromatic rings. The van der Waals surface area contributed by atoms with E-state index in [9.17, 15) is 0 Å². The summed E-state index contributed by atoms with van der Waals surface area (Å²) < 4.78 is 5.68. The number of nitrogens with zero attached hydrogens (tertiary/aromatic N) is 4. The number of nitrogens with two attached hydrogens (primary N) is 1. The van der Waals surface area contributed by atoms with Crippen LogP contribution < -0.4 is 15.4 Å². The Balaban J connectivity index is 1.80. The first-order valence-corrected chi connectivity index (χ1v) is 8.05. The Morgan fingerprint density at radius 1 is 1.10 bits per heavy atom. The summed E-state index contributed by atoms with van der Waals surface area (Å²) in [6, 6.07) is 8.00. The first kappa shape index (κ1) is 13.9. The van der Waals surface area contributed by atoms with Crippen molar-refractivity contribution in [3.05, 3.63) is 24.3 Å². The fourth-order valence-electron chi connectivity index (χ4n) is 2.21. The molecule has 2 N–H and O–H groups in total. The summed E-state index contributed by atoms with van der Waals surface area (Å²) >= 11 is 1.68. The average molecular weight is 303 g/mol. The minimum absolute atomic E-state index is 0.183. The van der Waals surface area contributed by atoms with Crippen molar-refractivity contribution in [2.24, 2.45) is 0 Å². The number of ether oxygens (including phenoxy) is 1. The molecule has 2 heterocycles. The normalized spacial score (nSPS) is 14.4. The smallest absolute Gasteiger partial charge is 0.328 e. The number of rotatable bonds is 4. The van der Waals surface area contributed by atoms with Gasteiger partial charge in [0.15, 0.2) is 0 Å². The first-order chi connectivity index (χ1) is 10.2. The minimum atomic E-state index is 0.183. The van der Waals surface area contributed by atoms with Crippen LogP contribution in [0, 0.1) is 0 Å². The highest BCUT2D eigenvalue weighted by atomic mass is 32.2. The van der Waals surface area contributed by atoms with E-state index in [1.165, 1.54) is 4.90 Å². The van der Waals surface area contributed by atoms with Gasteiger partial charge >= 0.3 is 6.01 Å². The first-order valence-electron chi connectivity index (χ1n) is 6.83. The van der Waals surface area contributed by atoms with Crippen LogP contribution in [0.5, 0.6) is 11.8 Å². The molecule has 110 valence electrons. The van der Waals surface area contributed by atoms with Crippen molar-refractivity contribution in [2.45, 2.75) is 17.7 Å². The van der Waals surface area contributed by atoms with Gasteiger partial charge in [-0.2, -0.15) is 15.0 Å². The maximum atomic E-state index is 5.75. The maximum absolute atomic E-state index is 5.75. The number of hydrogen-bond donors (Lipinski definition) is 1. The van der Waals surface area contributed by atoms with Crippen LogP contribution in [0.1, 0.15) is 12.8 Å². The second kappa shape index (κ2) is 6.17. The van der Waals surface area contributed by atoms with Gasteiger partial charge in [-0.15, -0.1) is 11.8 Å². The molecule has 0 bridgehead atoms. The van der Waals surface area contributed by atoms with Gasteiger partial charge in [0.1, 0.15) is 5.75 Å². The van der Waals surface area contributed by atoms with E-state index in [0.29, 0.717) is 11.7 Å². The van der Waals surface area contributed by atoms with Gasteiger partial charge in [0.05, 0.1) is 0 Å². The summed E-state index contributed by atoms with van der Waals surface area (Å²) in [5.41, 5.74) is 5.75. The third-order valence-corrected chi connectivity index (χ3v) is 4.02. The number of anilines is 2. The zero-order valence-electron chi connectivity index (χ0n) is 11.8. The number of benzene rings is 1. The Bertz CT molecular complexity index is 613. The van der Waals surface area contributed by atoms with Crippen molar-refractivity contribution in [2.75, 3.05) is 30.0 Å². The van der Waals surface area contributed by atoms with Crippen LogP contribution in [0.25, 0.3) is 0 Å². The molecule has 0 amide bonds. The number of thioether (sulfide) groups is 1. The molecule has 0 spiro atoms. The topological polar surface area (TPSA) is 77.2 Å². The van der Waals surface area contributed by atoms with Crippen LogP contribution >= 0.6 is 11.8 Å². The van der Waals surface area contributed by atoms with Crippen LogP contribution in [0.2, 0.25) is 0 Å². The lowest BCUT2D eigenvalue weighted by molar-refractivity contribution is 0.440. The summed E-state index contributed by atoms with van der Waals surface area (Å²) in [6.07, 6.45) is 4.33. The minimum Gasteiger partial charge on any atom is -0.424 e. The number of nitrogen functional groups attached to an aromatic ring is 1. The Labute approximate surface area is 127 Å². The molecule has 0 atom stereocenters. The van der Waals surface area contributed by atoms with Crippen LogP contribution in [-0.2, 0) is 0 Å². The van der Waals surface area contributed by atoms with Gasteiger partial charge in [0, 0.05) is 18.0 Å². The van der Waals surface area contributed by atoms with Gasteiger partial charge in [-0.3, -0.25) is 0 Å². The van der Waals surface area contributed by atoms with Crippen LogP contribution in [0.15, 0.2) is 29.2 Å². The zero-order chi connectivity index (χ0) is 14.7. The molecule has 0 radical (unpaired) electrons. The molecule has 0 unspecified atom stereocenters. The van der Waals surface area contributed by atoms with E-state index in [4.69, 9.17) is 10.5 Å². The predicted molar refractivity (Wildman–Crippen MR) is 84.0 cm³/mol. The largest absolute Gasteiger partial charge is 0.424 e. The Hall–Kier alpha value is -2.02. The molecule has 1 aliphatic heterocycles. The van der Waals surface area contributed by atoms with Crippen LogP contribution in [-0.4, -0.2) is 34.3 Å². The van der Waals surface area contributed by atoms with Crippen molar-refractivity contribution in [3.63, 3.8) is 0 Å². The van der Waals surface area contributed by atoms with Gasteiger partial charge in [-0.05, 0) is 43.4 Å². The molecule has 21 heavy (non-hydrogen) atoms. The zero-order valence-corrected chi connectivity index (χ0v) is 12.6. The fourth-order valence-corrected chi connectivity index (χ4v) is 2.62. The van der Waals surface area contributed by atoms with E-state index >= 15 is 0 Å². The summed E-state index contributed by atoms with van der Waals surface area (Å²) in [5.74, 6) is 1.46. The lowest BCUT2D eigenvalue weighted by atomic mass is 10.3. The predicted octanol–water partition coefficient (Wildman–Crippen LogP) is 2.57. The SMILES string of the molecule is CSc1ccc(Oc2nc(N)nc(N3CCCC3)n2)cc1. The van der Waals surface area contributed by atoms with E-state index in [1.54, 1.807) is 11.8 Å². The Kier molecular flexibility index (Phi) is 4.10. The van der Waals surface area contributed by atoms with Gasteiger partial charge in [-0.25, -0.2) is 0 Å². The van der Waals surface area contributed by atoms with E-state index in [0.717, 1.165) is 25.9 Å². The molecule has 6 nitrogen and oxygen atoms in total. The molecule has 1 fully saturated rings. The molecule has 1 saturated heterocycles. The highest BCUT2D eigenvalue weighted by Gasteiger charge is 2.17. The lowest BCUT2D eigenvalue weighted by Crippen LogP contribution is -2.21. The van der Waals surface area contributed by atoms with Gasteiger partial charge in [-0.1, -0.05) is 0 Å². The fraction of sp³-hybridized carbons (Fsp3) is 0.357. The van der Waals surface area contributed by atoms with Gasteiger partial charge in [0.25, 0.3) is 0 Å². The average Bonchev–Trinajstić information content (AvgIpc) is 3.02. The summed E-state index contributed by atoms with van der Waals surface area (Å²) in [7, 11) is 0. The third-order valence-electron chi connectivity index (χ3n) is 3.28. The molecule has 1 aromatic carbocycles. The number of aromatic nitrogens is 3. The molecule has 1 aromatic heterocycles. The molecule has 7 heteroatoms. The second-order valence-electron chi connectivity index (χ2n) is 4.75. The van der Waals surface area contributed by atoms with Crippen LogP contribution in [0.4, 0.5) is 11.9 Å². The molecule has 0 aliphatic carbocycles. The van der Waals surface area contributed by atoms with E-state index in [2.05, 4.69) is 19.9 Å². The van der Waals surface area contributed by atoms with E-state index in [-0.39, 0.29) is 12.0 Å². The Morgan fingerprint density at radius 2 is 1.81 bits per heavy atom. The quantitative estimate of drug-likeness (QED) is 0.870. The van der Waals surface area contributed by atoms with Crippen LogP contribution in [0.3, 0.4) is 0 Å². The van der Waals surface area contributed by atoms with Gasteiger partial charge < -0.3 is 15.4 Å². The lowest BCUT2D eigenvalue weighted by Gasteiger charge is -2.15. The molecular weight excluding hydrogens is 286 g/mol. The maximum Gasteiger partial charge on any atom is 0.328 e. The van der Waals surface area contributed by atoms with Gasteiger partial charge in [0.2, 0.25) is 11.9 Å². The summed E-state index contributed by atoms with van der Waals surface area (Å²) in [6.45, 7) is 1.90. The summed E-state index contributed by atoms with van der Waals surface area (Å²) in [5, 5.41) is 0. The Morgan fingerprint density at radius 3 is 2.48 bits per heavy atom. The van der Waals surface area contributed by atoms with Crippen molar-refractivity contribution < 1.29 is 4.74 Å². The van der Waals surface area contributed by atoms with Crippen molar-refractivity contribution in [3.8, 4) is 11.8 Å². The second-order valence-corrected chi connectivity index (χ2v) is 5.63. The van der Waals surface area contributed by atoms with E-state index in [1.807, 2.05) is 30.5 Å². The molecular formula is C14H17N5OS. The molecule has 0 saturated carbocycles. The monoisotopic (exact) mass is 303 g/mol. The van der Waals surface area contributed by atoms with E-state index < -0.39 is 0 Å². The van der Waals surface area contributed by atoms with Crippen molar-refractivity contribution >= 4 is 23.7 Å².